The van der Waals surface area contributed by atoms with Crippen molar-refractivity contribution in [1.82, 2.24) is 15.1 Å². The smallest absolute Gasteiger partial charge is 0.0644 e. The molecule has 0 aliphatic carbocycles. The van der Waals surface area contributed by atoms with Crippen LogP contribution in [0.4, 0.5) is 0 Å². The number of nitrogens with one attached hydrogen (secondary N) is 1. The summed E-state index contributed by atoms with van der Waals surface area (Å²) in [5, 5.41) is 7.58. The normalized spacial score (nSPS) is 13.4. The second-order valence-electron chi connectivity index (χ2n) is 3.22. The van der Waals surface area contributed by atoms with Gasteiger partial charge in [-0.2, -0.15) is 5.10 Å². The zero-order chi connectivity index (χ0) is 9.30. The Balaban J connectivity index is 3.13. The van der Waals surface area contributed by atoms with E-state index >= 15 is 0 Å². The lowest BCUT2D eigenvalue weighted by molar-refractivity contribution is 0.641. The molecular weight excluding hydrogens is 150 g/mol. The SMILES string of the molecule is CNC(C)c1c(C)nn(C)c1C. The fourth-order valence-corrected chi connectivity index (χ4v) is 1.56. The van der Waals surface area contributed by atoms with Gasteiger partial charge in [-0.1, -0.05) is 0 Å². The van der Waals surface area contributed by atoms with Crippen molar-refractivity contribution in [2.24, 2.45) is 7.05 Å². The molecule has 1 heterocycles. The summed E-state index contributed by atoms with van der Waals surface area (Å²) in [4.78, 5) is 0. The molecular formula is C9H17N3. The van der Waals surface area contributed by atoms with Crippen LogP contribution in [0.1, 0.15) is 29.9 Å². The number of hydrogen-bond acceptors (Lipinski definition) is 2. The predicted octanol–water partition coefficient (Wildman–Crippen LogP) is 1.32. The summed E-state index contributed by atoms with van der Waals surface area (Å²) in [6.07, 6.45) is 0. The Hall–Kier alpha value is -0.830. The number of rotatable bonds is 2. The van der Waals surface area contributed by atoms with Crippen LogP contribution in [0.3, 0.4) is 0 Å². The first-order chi connectivity index (χ1) is 5.57. The van der Waals surface area contributed by atoms with E-state index in [9.17, 15) is 0 Å². The van der Waals surface area contributed by atoms with E-state index in [1.807, 2.05) is 18.8 Å². The highest BCUT2D eigenvalue weighted by atomic mass is 15.3. The second kappa shape index (κ2) is 3.27. The minimum atomic E-state index is 0.388. The van der Waals surface area contributed by atoms with Gasteiger partial charge in [0.25, 0.3) is 0 Å². The summed E-state index contributed by atoms with van der Waals surface area (Å²) in [6, 6.07) is 0.388. The summed E-state index contributed by atoms with van der Waals surface area (Å²) in [5.41, 5.74) is 3.69. The maximum Gasteiger partial charge on any atom is 0.0644 e. The molecule has 0 fully saturated rings. The summed E-state index contributed by atoms with van der Waals surface area (Å²) in [7, 11) is 3.95. The van der Waals surface area contributed by atoms with Crippen LogP contribution in [0.2, 0.25) is 0 Å². The van der Waals surface area contributed by atoms with Gasteiger partial charge < -0.3 is 5.32 Å². The van der Waals surface area contributed by atoms with Gasteiger partial charge in [-0.15, -0.1) is 0 Å². The molecule has 0 amide bonds. The molecule has 1 aromatic rings. The molecule has 1 aromatic heterocycles. The fourth-order valence-electron chi connectivity index (χ4n) is 1.56. The van der Waals surface area contributed by atoms with Crippen LogP contribution < -0.4 is 5.32 Å². The molecule has 0 aliphatic heterocycles. The van der Waals surface area contributed by atoms with Crippen molar-refractivity contribution in [3.05, 3.63) is 17.0 Å². The maximum absolute atomic E-state index is 4.36. The molecule has 0 aliphatic rings. The zero-order valence-electron chi connectivity index (χ0n) is 8.47. The van der Waals surface area contributed by atoms with Crippen LogP contribution in [-0.4, -0.2) is 16.8 Å². The lowest BCUT2D eigenvalue weighted by Crippen LogP contribution is -2.14. The molecule has 0 saturated carbocycles. The molecule has 3 nitrogen and oxygen atoms in total. The van der Waals surface area contributed by atoms with E-state index in [-0.39, 0.29) is 0 Å². The first kappa shape index (κ1) is 9.26. The maximum atomic E-state index is 4.36. The van der Waals surface area contributed by atoms with Crippen LogP contribution in [0.25, 0.3) is 0 Å². The summed E-state index contributed by atoms with van der Waals surface area (Å²) >= 11 is 0. The first-order valence-electron chi connectivity index (χ1n) is 4.25. The zero-order valence-corrected chi connectivity index (χ0v) is 8.47. The van der Waals surface area contributed by atoms with Crippen LogP contribution >= 0.6 is 0 Å². The average Bonchev–Trinajstić information content (AvgIpc) is 2.26. The van der Waals surface area contributed by atoms with Crippen LogP contribution in [-0.2, 0) is 7.05 Å². The highest BCUT2D eigenvalue weighted by Crippen LogP contribution is 2.19. The van der Waals surface area contributed by atoms with E-state index in [0.717, 1.165) is 5.69 Å². The van der Waals surface area contributed by atoms with Crippen molar-refractivity contribution in [1.29, 1.82) is 0 Å². The topological polar surface area (TPSA) is 29.9 Å². The van der Waals surface area contributed by atoms with Gasteiger partial charge in [-0.3, -0.25) is 4.68 Å². The van der Waals surface area contributed by atoms with Gasteiger partial charge in [-0.25, -0.2) is 0 Å². The Bertz CT molecular complexity index is 276. The second-order valence-corrected chi connectivity index (χ2v) is 3.22. The molecule has 1 N–H and O–H groups in total. The third kappa shape index (κ3) is 1.37. The van der Waals surface area contributed by atoms with Crippen molar-refractivity contribution < 1.29 is 0 Å². The fraction of sp³-hybridized carbons (Fsp3) is 0.667. The highest BCUT2D eigenvalue weighted by molar-refractivity contribution is 5.27. The summed E-state index contributed by atoms with van der Waals surface area (Å²) in [6.45, 7) is 6.30. The Morgan fingerprint density at radius 1 is 1.42 bits per heavy atom. The van der Waals surface area contributed by atoms with Gasteiger partial charge in [0, 0.05) is 24.3 Å². The lowest BCUT2D eigenvalue weighted by Gasteiger charge is -2.10. The van der Waals surface area contributed by atoms with Crippen LogP contribution in [0, 0.1) is 13.8 Å². The van der Waals surface area contributed by atoms with Gasteiger partial charge in [0.05, 0.1) is 5.69 Å². The first-order valence-corrected chi connectivity index (χ1v) is 4.25. The summed E-state index contributed by atoms with van der Waals surface area (Å²) < 4.78 is 1.93. The molecule has 12 heavy (non-hydrogen) atoms. The molecule has 0 aromatic carbocycles. The number of aryl methyl sites for hydroxylation is 2. The molecule has 3 heteroatoms. The third-order valence-corrected chi connectivity index (χ3v) is 2.43. The molecule has 1 rings (SSSR count). The molecule has 0 spiro atoms. The summed E-state index contributed by atoms with van der Waals surface area (Å²) in [5.74, 6) is 0. The van der Waals surface area contributed by atoms with E-state index in [1.165, 1.54) is 11.3 Å². The number of aromatic nitrogens is 2. The van der Waals surface area contributed by atoms with Gasteiger partial charge in [0.2, 0.25) is 0 Å². The number of hydrogen-bond donors (Lipinski definition) is 1. The van der Waals surface area contributed by atoms with Crippen molar-refractivity contribution in [3.63, 3.8) is 0 Å². The van der Waals surface area contributed by atoms with Crippen LogP contribution in [0.15, 0.2) is 0 Å². The van der Waals surface area contributed by atoms with Crippen molar-refractivity contribution >= 4 is 0 Å². The van der Waals surface area contributed by atoms with E-state index < -0.39 is 0 Å². The van der Waals surface area contributed by atoms with E-state index in [4.69, 9.17) is 0 Å². The molecule has 0 bridgehead atoms. The van der Waals surface area contributed by atoms with E-state index in [0.29, 0.717) is 6.04 Å². The minimum Gasteiger partial charge on any atom is -0.313 e. The predicted molar refractivity (Wildman–Crippen MR) is 50.2 cm³/mol. The Labute approximate surface area is 73.8 Å². The molecule has 68 valence electrons. The highest BCUT2D eigenvalue weighted by Gasteiger charge is 2.13. The minimum absolute atomic E-state index is 0.388. The molecule has 1 unspecified atom stereocenters. The quantitative estimate of drug-likeness (QED) is 0.720. The van der Waals surface area contributed by atoms with Crippen LogP contribution in [0.5, 0.6) is 0 Å². The van der Waals surface area contributed by atoms with Gasteiger partial charge in [0.15, 0.2) is 0 Å². The molecule has 1 atom stereocenters. The standard InChI is InChI=1S/C9H17N3/c1-6(10-4)9-7(2)11-12(5)8(9)3/h6,10H,1-5H3. The Kier molecular flexibility index (Phi) is 2.52. The largest absolute Gasteiger partial charge is 0.313 e. The lowest BCUT2D eigenvalue weighted by atomic mass is 10.1. The van der Waals surface area contributed by atoms with Crippen molar-refractivity contribution in [2.75, 3.05) is 7.05 Å². The third-order valence-electron chi connectivity index (χ3n) is 2.43. The van der Waals surface area contributed by atoms with Crippen molar-refractivity contribution in [2.45, 2.75) is 26.8 Å². The molecule has 0 saturated heterocycles. The molecule has 0 radical (unpaired) electrons. The Morgan fingerprint density at radius 3 is 2.33 bits per heavy atom. The van der Waals surface area contributed by atoms with Crippen molar-refractivity contribution in [3.8, 4) is 0 Å². The average molecular weight is 167 g/mol. The number of nitrogens with zero attached hydrogens (tertiary/aromatic N) is 2. The van der Waals surface area contributed by atoms with Gasteiger partial charge in [0.1, 0.15) is 0 Å². The van der Waals surface area contributed by atoms with E-state index in [1.54, 1.807) is 0 Å². The monoisotopic (exact) mass is 167 g/mol. The van der Waals surface area contributed by atoms with E-state index in [2.05, 4.69) is 31.2 Å². The van der Waals surface area contributed by atoms with Gasteiger partial charge >= 0.3 is 0 Å². The Morgan fingerprint density at radius 2 is 2.00 bits per heavy atom. The van der Waals surface area contributed by atoms with Gasteiger partial charge in [-0.05, 0) is 27.8 Å².